The summed E-state index contributed by atoms with van der Waals surface area (Å²) < 4.78 is 0. The van der Waals surface area contributed by atoms with Gasteiger partial charge in [-0.1, -0.05) is 134 Å². The van der Waals surface area contributed by atoms with Crippen molar-refractivity contribution < 1.29 is 15.0 Å². The Morgan fingerprint density at radius 2 is 1.26 bits per heavy atom. The summed E-state index contributed by atoms with van der Waals surface area (Å²) in [5.41, 5.74) is 1.82. The highest BCUT2D eigenvalue weighted by Gasteiger charge is 2.28. The van der Waals surface area contributed by atoms with Gasteiger partial charge in [0.05, 0.1) is 12.2 Å². The highest BCUT2D eigenvalue weighted by molar-refractivity contribution is 5.98. The maximum atomic E-state index is 12.6. The second-order valence-corrected chi connectivity index (χ2v) is 11.1. The topological polar surface area (TPSA) is 57.5 Å². The molecule has 0 aromatic heterocycles. The minimum Gasteiger partial charge on any atom is -0.393 e. The molecule has 3 nitrogen and oxygen atoms in total. The normalized spacial score (nSPS) is 18.9. The van der Waals surface area contributed by atoms with Crippen molar-refractivity contribution in [3.05, 3.63) is 35.4 Å². The van der Waals surface area contributed by atoms with Gasteiger partial charge in [0.25, 0.3) is 0 Å². The number of carbonyl (C=O) groups excluding carboxylic acids is 1. The molecule has 1 aromatic rings. The van der Waals surface area contributed by atoms with E-state index in [2.05, 4.69) is 6.92 Å². The van der Waals surface area contributed by atoms with Crippen molar-refractivity contribution in [2.24, 2.45) is 5.92 Å². The molecule has 2 unspecified atom stereocenters. The van der Waals surface area contributed by atoms with Crippen molar-refractivity contribution in [1.29, 1.82) is 0 Å². The molecule has 0 amide bonds. The van der Waals surface area contributed by atoms with E-state index in [0.29, 0.717) is 12.8 Å². The van der Waals surface area contributed by atoms with E-state index in [0.717, 1.165) is 43.2 Å². The molecule has 0 bridgehead atoms. The molecule has 0 saturated heterocycles. The molecule has 200 valence electrons. The Kier molecular flexibility index (Phi) is 16.3. The highest BCUT2D eigenvalue weighted by Crippen LogP contribution is 2.28. The summed E-state index contributed by atoms with van der Waals surface area (Å²) in [6.45, 7) is 2.27. The van der Waals surface area contributed by atoms with E-state index in [1.165, 1.54) is 89.9 Å². The molecule has 3 heteroatoms. The van der Waals surface area contributed by atoms with Crippen LogP contribution in [-0.2, 0) is 6.42 Å². The number of aliphatic hydroxyl groups excluding tert-OH is 2. The monoisotopic (exact) mass is 486 g/mol. The lowest BCUT2D eigenvalue weighted by Crippen LogP contribution is -2.22. The van der Waals surface area contributed by atoms with Gasteiger partial charge in [-0.15, -0.1) is 0 Å². The number of ketones is 1. The summed E-state index contributed by atoms with van der Waals surface area (Å²) in [4.78, 5) is 12.6. The Bertz CT molecular complexity index is 671. The maximum absolute atomic E-state index is 12.6. The number of Topliss-reactive ketones (excluding diaryl/α,β-unsaturated/α-hetero) is 1. The van der Waals surface area contributed by atoms with Crippen LogP contribution in [0.25, 0.3) is 0 Å². The van der Waals surface area contributed by atoms with E-state index >= 15 is 0 Å². The van der Waals surface area contributed by atoms with Gasteiger partial charge in [-0.2, -0.15) is 0 Å². The van der Waals surface area contributed by atoms with Crippen molar-refractivity contribution in [3.63, 3.8) is 0 Å². The van der Waals surface area contributed by atoms with Crippen LogP contribution < -0.4 is 0 Å². The fourth-order valence-corrected chi connectivity index (χ4v) is 5.65. The van der Waals surface area contributed by atoms with Crippen LogP contribution in [-0.4, -0.2) is 28.2 Å². The van der Waals surface area contributed by atoms with E-state index in [1.54, 1.807) is 0 Å². The predicted octanol–water partition coefficient (Wildman–Crippen LogP) is 8.59. The Morgan fingerprint density at radius 3 is 1.86 bits per heavy atom. The molecule has 1 aliphatic rings. The van der Waals surface area contributed by atoms with Crippen molar-refractivity contribution >= 4 is 5.78 Å². The van der Waals surface area contributed by atoms with Gasteiger partial charge in [-0.25, -0.2) is 0 Å². The number of carbonyl (C=O) groups is 1. The van der Waals surface area contributed by atoms with Gasteiger partial charge in [0, 0.05) is 12.0 Å². The Balaban J connectivity index is 1.39. The molecular formula is C32H54O3. The van der Waals surface area contributed by atoms with E-state index in [-0.39, 0.29) is 17.8 Å². The van der Waals surface area contributed by atoms with Gasteiger partial charge in [0.1, 0.15) is 0 Å². The number of aliphatic hydroxyl groups is 2. The van der Waals surface area contributed by atoms with Gasteiger partial charge in [0.15, 0.2) is 5.78 Å². The van der Waals surface area contributed by atoms with Gasteiger partial charge in [-0.05, 0) is 37.2 Å². The van der Waals surface area contributed by atoms with E-state index in [9.17, 15) is 15.0 Å². The minimum atomic E-state index is -0.399. The Labute approximate surface area is 216 Å². The average Bonchev–Trinajstić information content (AvgIpc) is 2.97. The molecule has 0 spiro atoms. The van der Waals surface area contributed by atoms with Crippen LogP contribution >= 0.6 is 0 Å². The number of hydrogen-bond donors (Lipinski definition) is 2. The Hall–Kier alpha value is -1.19. The first-order valence-corrected chi connectivity index (χ1v) is 15.1. The van der Waals surface area contributed by atoms with Crippen LogP contribution in [0.3, 0.4) is 0 Å². The number of benzene rings is 1. The quantitative estimate of drug-likeness (QED) is 0.143. The van der Waals surface area contributed by atoms with Crippen LogP contribution in [0.4, 0.5) is 0 Å². The summed E-state index contributed by atoms with van der Waals surface area (Å²) in [6, 6.07) is 7.76. The summed E-state index contributed by atoms with van der Waals surface area (Å²) in [7, 11) is 0. The van der Waals surface area contributed by atoms with Crippen molar-refractivity contribution in [3.8, 4) is 0 Å². The second kappa shape index (κ2) is 19.0. The van der Waals surface area contributed by atoms with Gasteiger partial charge >= 0.3 is 0 Å². The van der Waals surface area contributed by atoms with Crippen molar-refractivity contribution in [2.45, 2.75) is 154 Å². The highest BCUT2D eigenvalue weighted by atomic mass is 16.3. The molecule has 35 heavy (non-hydrogen) atoms. The van der Waals surface area contributed by atoms with Crippen molar-refractivity contribution in [1.82, 2.24) is 0 Å². The number of fused-ring (bicyclic) bond motifs is 1. The number of unbranched alkanes of at least 4 members (excludes halogenated alkanes) is 14. The molecule has 2 N–H and O–H groups in total. The zero-order chi connectivity index (χ0) is 25.1. The first-order valence-electron chi connectivity index (χ1n) is 15.1. The molecule has 1 aliphatic carbocycles. The molecule has 0 aliphatic heterocycles. The fourth-order valence-electron chi connectivity index (χ4n) is 5.65. The molecule has 2 rings (SSSR count). The fraction of sp³-hybridized carbons (Fsp3) is 0.781. The molecule has 0 radical (unpaired) electrons. The number of rotatable bonds is 20. The van der Waals surface area contributed by atoms with Crippen LogP contribution in [0.1, 0.15) is 151 Å². The smallest absolute Gasteiger partial charge is 0.163 e. The van der Waals surface area contributed by atoms with Crippen LogP contribution in [0.5, 0.6) is 0 Å². The van der Waals surface area contributed by atoms with E-state index < -0.39 is 6.10 Å². The standard InChI is InChI=1S/C32H54O3/c1-2-3-4-5-6-7-10-13-16-22-29(33)23-17-14-11-8-9-12-15-21-28-26-32(35)30-24-19-18-20-27(30)25-31(28)34/h18-20,24,28-29,31,33-34H,2-17,21-23,25-26H2,1H3/t28-,29?,31?/m0/s1. The predicted molar refractivity (Wildman–Crippen MR) is 148 cm³/mol. The van der Waals surface area contributed by atoms with E-state index in [4.69, 9.17) is 0 Å². The molecule has 0 saturated carbocycles. The SMILES string of the molecule is CCCCCCCCCCCC(O)CCCCCCCCC[C@H]1CC(=O)c2ccccc2CC1O. The third-order valence-electron chi connectivity index (χ3n) is 7.99. The summed E-state index contributed by atoms with van der Waals surface area (Å²) in [6.07, 6.45) is 24.0. The van der Waals surface area contributed by atoms with Gasteiger partial charge in [0.2, 0.25) is 0 Å². The first kappa shape index (κ1) is 30.0. The molecule has 0 heterocycles. The summed E-state index contributed by atoms with van der Waals surface area (Å²) >= 11 is 0. The van der Waals surface area contributed by atoms with Crippen LogP contribution in [0.2, 0.25) is 0 Å². The number of hydrogen-bond acceptors (Lipinski definition) is 3. The molecule has 3 atom stereocenters. The van der Waals surface area contributed by atoms with E-state index in [1.807, 2.05) is 24.3 Å². The second-order valence-electron chi connectivity index (χ2n) is 11.1. The summed E-state index contributed by atoms with van der Waals surface area (Å²) in [5.74, 6) is 0.296. The van der Waals surface area contributed by atoms with Gasteiger partial charge < -0.3 is 10.2 Å². The average molecular weight is 487 g/mol. The third-order valence-corrected chi connectivity index (χ3v) is 7.99. The zero-order valence-corrected chi connectivity index (χ0v) is 22.7. The van der Waals surface area contributed by atoms with Gasteiger partial charge in [-0.3, -0.25) is 4.79 Å². The lowest BCUT2D eigenvalue weighted by molar-refractivity contribution is 0.0798. The maximum Gasteiger partial charge on any atom is 0.163 e. The van der Waals surface area contributed by atoms with Crippen molar-refractivity contribution in [2.75, 3.05) is 0 Å². The largest absolute Gasteiger partial charge is 0.393 e. The Morgan fingerprint density at radius 1 is 0.743 bits per heavy atom. The zero-order valence-electron chi connectivity index (χ0n) is 22.7. The lowest BCUT2D eigenvalue weighted by Gasteiger charge is -2.19. The van der Waals surface area contributed by atoms with Crippen LogP contribution in [0.15, 0.2) is 24.3 Å². The van der Waals surface area contributed by atoms with Crippen LogP contribution in [0, 0.1) is 5.92 Å². The third kappa shape index (κ3) is 13.1. The molecular weight excluding hydrogens is 432 g/mol. The first-order chi connectivity index (χ1) is 17.1. The lowest BCUT2D eigenvalue weighted by atomic mass is 9.90. The summed E-state index contributed by atoms with van der Waals surface area (Å²) in [5, 5.41) is 20.8. The minimum absolute atomic E-state index is 0.0978. The molecule has 0 fully saturated rings. The molecule has 1 aromatic carbocycles.